The zero-order valence-corrected chi connectivity index (χ0v) is 15.5. The van der Waals surface area contributed by atoms with Gasteiger partial charge in [-0.15, -0.1) is 12.4 Å². The summed E-state index contributed by atoms with van der Waals surface area (Å²) in [5.74, 6) is -1.91. The number of aromatic carboxylic acids is 1. The third-order valence-corrected chi connectivity index (χ3v) is 5.02. The van der Waals surface area contributed by atoms with E-state index in [1.807, 2.05) is 18.2 Å². The number of benzene rings is 1. The zero-order valence-electron chi connectivity index (χ0n) is 14.7. The van der Waals surface area contributed by atoms with Crippen molar-refractivity contribution in [3.63, 3.8) is 0 Å². The van der Waals surface area contributed by atoms with Gasteiger partial charge in [0.2, 0.25) is 0 Å². The molecule has 4 rings (SSSR count). The molecule has 1 aromatic carbocycles. The van der Waals surface area contributed by atoms with Gasteiger partial charge in [0.1, 0.15) is 5.75 Å². The molecule has 1 aliphatic rings. The van der Waals surface area contributed by atoms with Crippen LogP contribution in [0.1, 0.15) is 28.5 Å². The van der Waals surface area contributed by atoms with Crippen LogP contribution in [0, 0.1) is 0 Å². The van der Waals surface area contributed by atoms with E-state index in [0.717, 1.165) is 29.4 Å². The van der Waals surface area contributed by atoms with E-state index in [9.17, 15) is 14.7 Å². The quantitative estimate of drug-likeness (QED) is 0.547. The number of carboxylic acids is 1. The Labute approximate surface area is 160 Å². The van der Waals surface area contributed by atoms with Crippen LogP contribution < -0.4 is 11.3 Å². The molecule has 0 bridgehead atoms. The molecular formula is C19H20ClN3O4. The summed E-state index contributed by atoms with van der Waals surface area (Å²) < 4.78 is 2.19. The van der Waals surface area contributed by atoms with E-state index in [1.165, 1.54) is 5.69 Å². The molecule has 1 atom stereocenters. The van der Waals surface area contributed by atoms with Gasteiger partial charge in [-0.3, -0.25) is 4.79 Å². The van der Waals surface area contributed by atoms with Crippen LogP contribution in [0.4, 0.5) is 0 Å². The van der Waals surface area contributed by atoms with Crippen molar-refractivity contribution in [2.24, 2.45) is 5.73 Å². The standard InChI is InChI=1S/C19H19N3O4.ClH/c1-2-13-16(21-18(24)15(17(13)23)19(25)26)9-3-4-14-10(5-9)6-12-7-11(20)8-22(12)14;/h3-6,11H,2,7-8,20H2,1H3,(H,25,26)(H2,21,23,24);1H. The number of carbonyl (C=O) groups is 1. The Morgan fingerprint density at radius 2 is 2.11 bits per heavy atom. The second kappa shape index (κ2) is 6.75. The number of hydrogen-bond donors (Lipinski definition) is 4. The lowest BCUT2D eigenvalue weighted by Crippen LogP contribution is -2.20. The molecule has 0 saturated carbocycles. The number of aromatic nitrogens is 2. The molecule has 0 fully saturated rings. The summed E-state index contributed by atoms with van der Waals surface area (Å²) in [6.45, 7) is 2.58. The van der Waals surface area contributed by atoms with E-state index in [-0.39, 0.29) is 18.4 Å². The predicted molar refractivity (Wildman–Crippen MR) is 105 cm³/mol. The van der Waals surface area contributed by atoms with Gasteiger partial charge in [-0.1, -0.05) is 13.0 Å². The molecule has 3 heterocycles. The molecule has 1 unspecified atom stereocenters. The Kier molecular flexibility index (Phi) is 4.75. The number of hydrogen-bond acceptors (Lipinski definition) is 4. The van der Waals surface area contributed by atoms with Gasteiger partial charge in [-0.05, 0) is 30.2 Å². The van der Waals surface area contributed by atoms with E-state index in [0.29, 0.717) is 17.7 Å². The summed E-state index contributed by atoms with van der Waals surface area (Å²) in [7, 11) is 0. The first-order valence-electron chi connectivity index (χ1n) is 8.50. The smallest absolute Gasteiger partial charge is 0.345 e. The van der Waals surface area contributed by atoms with Crippen LogP contribution in [0.3, 0.4) is 0 Å². The third-order valence-electron chi connectivity index (χ3n) is 5.02. The summed E-state index contributed by atoms with van der Waals surface area (Å²) >= 11 is 0. The number of aromatic amines is 1. The molecule has 8 heteroatoms. The number of aromatic hydroxyl groups is 1. The van der Waals surface area contributed by atoms with Crippen molar-refractivity contribution in [3.8, 4) is 17.0 Å². The van der Waals surface area contributed by atoms with Crippen molar-refractivity contribution in [3.05, 3.63) is 51.4 Å². The third kappa shape index (κ3) is 2.89. The Balaban J connectivity index is 0.00000210. The maximum Gasteiger partial charge on any atom is 0.345 e. The zero-order chi connectivity index (χ0) is 18.6. The highest BCUT2D eigenvalue weighted by Gasteiger charge is 2.23. The predicted octanol–water partition coefficient (Wildman–Crippen LogP) is 2.27. The molecular weight excluding hydrogens is 370 g/mol. The molecule has 0 spiro atoms. The van der Waals surface area contributed by atoms with E-state index < -0.39 is 22.8 Å². The number of carboxylic acid groups (broad SMARTS) is 1. The van der Waals surface area contributed by atoms with E-state index in [2.05, 4.69) is 15.6 Å². The lowest BCUT2D eigenvalue weighted by Gasteiger charge is -2.12. The maximum absolute atomic E-state index is 12.1. The number of nitrogens with zero attached hydrogens (tertiary/aromatic N) is 1. The topological polar surface area (TPSA) is 121 Å². The lowest BCUT2D eigenvalue weighted by atomic mass is 9.99. The first-order valence-corrected chi connectivity index (χ1v) is 8.50. The van der Waals surface area contributed by atoms with Crippen LogP contribution in [0.5, 0.6) is 5.75 Å². The summed E-state index contributed by atoms with van der Waals surface area (Å²) in [6, 6.07) is 7.99. The number of H-pyrrole nitrogens is 1. The van der Waals surface area contributed by atoms with Crippen LogP contribution in [0.25, 0.3) is 22.2 Å². The molecule has 27 heavy (non-hydrogen) atoms. The summed E-state index contributed by atoms with van der Waals surface area (Å²) in [5, 5.41) is 20.5. The number of halogens is 1. The van der Waals surface area contributed by atoms with Crippen molar-refractivity contribution >= 4 is 29.3 Å². The van der Waals surface area contributed by atoms with Gasteiger partial charge in [-0.25, -0.2) is 4.79 Å². The van der Waals surface area contributed by atoms with E-state index in [4.69, 9.17) is 10.8 Å². The molecule has 1 aliphatic heterocycles. The summed E-state index contributed by atoms with van der Waals surface area (Å²) in [6.07, 6.45) is 1.21. The van der Waals surface area contributed by atoms with Crippen molar-refractivity contribution in [1.82, 2.24) is 9.55 Å². The maximum atomic E-state index is 12.1. The highest BCUT2D eigenvalue weighted by molar-refractivity contribution is 5.92. The van der Waals surface area contributed by atoms with Crippen molar-refractivity contribution in [1.29, 1.82) is 0 Å². The van der Waals surface area contributed by atoms with Gasteiger partial charge < -0.3 is 25.5 Å². The van der Waals surface area contributed by atoms with Gasteiger partial charge in [-0.2, -0.15) is 0 Å². The van der Waals surface area contributed by atoms with Crippen molar-refractivity contribution in [2.75, 3.05) is 0 Å². The number of fused-ring (bicyclic) bond motifs is 3. The molecule has 2 aromatic heterocycles. The number of nitrogens with one attached hydrogen (secondary N) is 1. The second-order valence-corrected chi connectivity index (χ2v) is 6.67. The first-order chi connectivity index (χ1) is 12.4. The van der Waals surface area contributed by atoms with Crippen LogP contribution in [0.15, 0.2) is 29.1 Å². The Morgan fingerprint density at radius 3 is 2.78 bits per heavy atom. The molecule has 7 nitrogen and oxygen atoms in total. The largest absolute Gasteiger partial charge is 0.506 e. The minimum absolute atomic E-state index is 0. The molecule has 0 amide bonds. The average molecular weight is 390 g/mol. The van der Waals surface area contributed by atoms with E-state index in [1.54, 1.807) is 6.92 Å². The lowest BCUT2D eigenvalue weighted by molar-refractivity contribution is 0.0691. The second-order valence-electron chi connectivity index (χ2n) is 6.67. The molecule has 0 aliphatic carbocycles. The number of nitrogens with two attached hydrogens (primary N) is 1. The Morgan fingerprint density at radius 1 is 1.37 bits per heavy atom. The Bertz CT molecular complexity index is 1120. The van der Waals surface area contributed by atoms with Crippen LogP contribution in [-0.4, -0.2) is 31.8 Å². The molecule has 0 saturated heterocycles. The van der Waals surface area contributed by atoms with Crippen LogP contribution in [-0.2, 0) is 19.4 Å². The number of pyridine rings is 1. The fourth-order valence-corrected chi connectivity index (χ4v) is 3.85. The SMILES string of the molecule is CCc1c(-c2ccc3c(c2)cc2n3CC(N)C2)[nH]c(=O)c(C(=O)O)c1O.Cl. The number of rotatable bonds is 3. The van der Waals surface area contributed by atoms with Crippen molar-refractivity contribution < 1.29 is 15.0 Å². The summed E-state index contributed by atoms with van der Waals surface area (Å²) in [5.41, 5.74) is 8.42. The van der Waals surface area contributed by atoms with Gasteiger partial charge in [0.25, 0.3) is 5.56 Å². The molecule has 5 N–H and O–H groups in total. The normalized spacial score (nSPS) is 15.6. The highest BCUT2D eigenvalue weighted by atomic mass is 35.5. The van der Waals surface area contributed by atoms with Crippen LogP contribution in [0.2, 0.25) is 0 Å². The molecule has 142 valence electrons. The summed E-state index contributed by atoms with van der Waals surface area (Å²) in [4.78, 5) is 26.0. The fraction of sp³-hybridized carbons (Fsp3) is 0.263. The molecule has 3 aromatic rings. The minimum atomic E-state index is -1.44. The van der Waals surface area contributed by atoms with E-state index >= 15 is 0 Å². The van der Waals surface area contributed by atoms with Gasteiger partial charge in [0, 0.05) is 41.2 Å². The molecule has 0 radical (unpaired) electrons. The highest BCUT2D eigenvalue weighted by Crippen LogP contribution is 2.33. The van der Waals surface area contributed by atoms with Gasteiger partial charge in [0.05, 0.1) is 5.69 Å². The average Bonchev–Trinajstić information content (AvgIpc) is 3.09. The van der Waals surface area contributed by atoms with Crippen LogP contribution >= 0.6 is 12.4 Å². The van der Waals surface area contributed by atoms with Crippen molar-refractivity contribution in [2.45, 2.75) is 32.4 Å². The monoisotopic (exact) mass is 389 g/mol. The fourth-order valence-electron chi connectivity index (χ4n) is 3.85. The Hall–Kier alpha value is -2.77. The first kappa shape index (κ1) is 19.0. The minimum Gasteiger partial charge on any atom is -0.506 e. The van der Waals surface area contributed by atoms with Gasteiger partial charge in [0.15, 0.2) is 5.56 Å². The van der Waals surface area contributed by atoms with Gasteiger partial charge >= 0.3 is 5.97 Å².